The molecule has 0 unspecified atom stereocenters. The summed E-state index contributed by atoms with van der Waals surface area (Å²) in [4.78, 5) is 27.9. The minimum absolute atomic E-state index is 0.320. The SMILES string of the molecule is CCCCc1ccccc1N(Cc1ccc(C(=O)N[C@@H](CCSC)C(=O)[O-])c(-c2ccccc2C)c1)CC1CCCCC1. The van der Waals surface area contributed by atoms with Crippen LogP contribution in [0.3, 0.4) is 0 Å². The van der Waals surface area contributed by atoms with Gasteiger partial charge in [-0.15, -0.1) is 0 Å². The number of aryl methyl sites for hydroxylation is 2. The number of carbonyl (C=O) groups excluding carboxylic acids is 2. The summed E-state index contributed by atoms with van der Waals surface area (Å²) in [6.07, 6.45) is 12.1. The van der Waals surface area contributed by atoms with Gasteiger partial charge in [-0.2, -0.15) is 11.8 Å². The third kappa shape index (κ3) is 9.12. The molecule has 1 saturated carbocycles. The van der Waals surface area contributed by atoms with E-state index in [2.05, 4.69) is 47.5 Å². The Labute approximate surface area is 262 Å². The van der Waals surface area contributed by atoms with Crippen LogP contribution < -0.4 is 15.3 Å². The number of carbonyl (C=O) groups is 2. The van der Waals surface area contributed by atoms with E-state index in [1.165, 1.54) is 49.8 Å². The molecule has 0 saturated heterocycles. The van der Waals surface area contributed by atoms with Crippen LogP contribution in [0.1, 0.15) is 85.3 Å². The molecule has 0 aliphatic heterocycles. The van der Waals surface area contributed by atoms with E-state index < -0.39 is 12.0 Å². The zero-order chi connectivity index (χ0) is 30.6. The molecule has 5 nitrogen and oxygen atoms in total. The molecule has 3 aromatic rings. The number of unbranched alkanes of at least 4 members (excludes halogenated alkanes) is 1. The number of nitrogens with zero attached hydrogens (tertiary/aromatic N) is 1. The van der Waals surface area contributed by atoms with Crippen LogP contribution in [0.25, 0.3) is 11.1 Å². The average molecular weight is 600 g/mol. The van der Waals surface area contributed by atoms with E-state index in [4.69, 9.17) is 0 Å². The fourth-order valence-electron chi connectivity index (χ4n) is 6.25. The molecule has 0 radical (unpaired) electrons. The highest BCUT2D eigenvalue weighted by molar-refractivity contribution is 7.98. The summed E-state index contributed by atoms with van der Waals surface area (Å²) < 4.78 is 0. The van der Waals surface area contributed by atoms with Gasteiger partial charge >= 0.3 is 0 Å². The number of thioether (sulfide) groups is 1. The number of anilines is 1. The summed E-state index contributed by atoms with van der Waals surface area (Å²) >= 11 is 1.55. The largest absolute Gasteiger partial charge is 0.548 e. The Bertz CT molecular complexity index is 1350. The highest BCUT2D eigenvalue weighted by Crippen LogP contribution is 2.32. The summed E-state index contributed by atoms with van der Waals surface area (Å²) in [7, 11) is 0. The smallest absolute Gasteiger partial charge is 0.252 e. The van der Waals surface area contributed by atoms with Gasteiger partial charge in [0.1, 0.15) is 0 Å². The molecule has 1 N–H and O–H groups in total. The molecule has 1 aliphatic rings. The quantitative estimate of drug-likeness (QED) is 0.200. The van der Waals surface area contributed by atoms with E-state index in [9.17, 15) is 14.7 Å². The number of carboxylic acid groups (broad SMARTS) is 1. The van der Waals surface area contributed by atoms with Gasteiger partial charge in [0.25, 0.3) is 5.91 Å². The van der Waals surface area contributed by atoms with Crippen molar-refractivity contribution in [3.8, 4) is 11.1 Å². The first kappa shape index (κ1) is 32.7. The number of carboxylic acids is 1. The molecule has 1 aliphatic carbocycles. The Morgan fingerprint density at radius 2 is 1.74 bits per heavy atom. The van der Waals surface area contributed by atoms with Crippen molar-refractivity contribution in [1.29, 1.82) is 0 Å². The van der Waals surface area contributed by atoms with Crippen molar-refractivity contribution in [1.82, 2.24) is 5.32 Å². The average Bonchev–Trinajstić information content (AvgIpc) is 3.02. The van der Waals surface area contributed by atoms with Gasteiger partial charge in [0.15, 0.2) is 0 Å². The maximum absolute atomic E-state index is 13.6. The second-order valence-corrected chi connectivity index (χ2v) is 12.9. The van der Waals surface area contributed by atoms with Crippen LogP contribution in [0.4, 0.5) is 5.69 Å². The molecule has 6 heteroatoms. The van der Waals surface area contributed by atoms with Gasteiger partial charge in [0, 0.05) is 24.3 Å². The Hall–Kier alpha value is -3.25. The standard InChI is InChI=1S/C37H48N2O3S/c1-4-5-16-30-17-10-12-19-35(30)39(25-28-14-7-6-8-15-28)26-29-20-21-32(33(24-29)31-18-11-9-13-27(31)2)36(40)38-34(37(41)42)22-23-43-3/h9-13,17-21,24,28,34H,4-8,14-16,22-23,25-26H2,1-3H3,(H,38,40)(H,41,42)/p-1/t34-/m0/s1. The molecular formula is C37H47N2O3S-. The van der Waals surface area contributed by atoms with Crippen LogP contribution in [-0.4, -0.2) is 36.5 Å². The van der Waals surface area contributed by atoms with Crippen molar-refractivity contribution < 1.29 is 14.7 Å². The molecular weight excluding hydrogens is 552 g/mol. The first-order valence-electron chi connectivity index (χ1n) is 15.9. The number of hydrogen-bond donors (Lipinski definition) is 1. The summed E-state index contributed by atoms with van der Waals surface area (Å²) in [5, 5.41) is 14.5. The number of nitrogens with one attached hydrogen (secondary N) is 1. The predicted octanol–water partition coefficient (Wildman–Crippen LogP) is 7.19. The molecule has 1 amide bonds. The van der Waals surface area contributed by atoms with Crippen molar-refractivity contribution in [2.45, 2.75) is 84.2 Å². The van der Waals surface area contributed by atoms with Crippen molar-refractivity contribution in [3.63, 3.8) is 0 Å². The van der Waals surface area contributed by atoms with E-state index >= 15 is 0 Å². The monoisotopic (exact) mass is 599 g/mol. The summed E-state index contributed by atoms with van der Waals surface area (Å²) in [6.45, 7) is 6.06. The van der Waals surface area contributed by atoms with Crippen LogP contribution in [-0.2, 0) is 17.8 Å². The molecule has 0 spiro atoms. The number of amides is 1. The van der Waals surface area contributed by atoms with Gasteiger partial charge in [-0.05, 0) is 103 Å². The van der Waals surface area contributed by atoms with Crippen molar-refractivity contribution in [2.75, 3.05) is 23.5 Å². The lowest BCUT2D eigenvalue weighted by atomic mass is 9.88. The number of rotatable bonds is 15. The van der Waals surface area contributed by atoms with Crippen LogP contribution in [0.2, 0.25) is 0 Å². The van der Waals surface area contributed by atoms with Crippen LogP contribution in [0, 0.1) is 12.8 Å². The summed E-state index contributed by atoms with van der Waals surface area (Å²) in [6, 6.07) is 21.9. The van der Waals surface area contributed by atoms with E-state index in [-0.39, 0.29) is 5.91 Å². The minimum Gasteiger partial charge on any atom is -0.548 e. The highest BCUT2D eigenvalue weighted by atomic mass is 32.2. The van der Waals surface area contributed by atoms with Crippen LogP contribution in [0.15, 0.2) is 66.7 Å². The van der Waals surface area contributed by atoms with Crippen molar-refractivity contribution in [2.24, 2.45) is 5.92 Å². The topological polar surface area (TPSA) is 72.5 Å². The van der Waals surface area contributed by atoms with Gasteiger partial charge in [0.05, 0.1) is 12.0 Å². The van der Waals surface area contributed by atoms with Gasteiger partial charge in [0.2, 0.25) is 0 Å². The van der Waals surface area contributed by atoms with Gasteiger partial charge in [-0.25, -0.2) is 0 Å². The van der Waals surface area contributed by atoms with E-state index in [0.717, 1.165) is 48.2 Å². The number of aliphatic carboxylic acids is 1. The van der Waals surface area contributed by atoms with Gasteiger partial charge in [-0.1, -0.05) is 81.1 Å². The maximum Gasteiger partial charge on any atom is 0.252 e. The summed E-state index contributed by atoms with van der Waals surface area (Å²) in [5.74, 6) is -0.337. The first-order chi connectivity index (χ1) is 20.9. The lowest BCUT2D eigenvalue weighted by Gasteiger charge is -2.33. The molecule has 230 valence electrons. The van der Waals surface area contributed by atoms with Gasteiger partial charge in [-0.3, -0.25) is 4.79 Å². The lowest BCUT2D eigenvalue weighted by Crippen LogP contribution is -2.48. The molecule has 1 atom stereocenters. The zero-order valence-electron chi connectivity index (χ0n) is 26.1. The zero-order valence-corrected chi connectivity index (χ0v) is 26.9. The molecule has 0 aromatic heterocycles. The number of hydrogen-bond acceptors (Lipinski definition) is 5. The molecule has 1 fully saturated rings. The van der Waals surface area contributed by atoms with E-state index in [0.29, 0.717) is 23.7 Å². The van der Waals surface area contributed by atoms with Crippen LogP contribution >= 0.6 is 11.8 Å². The second-order valence-electron chi connectivity index (χ2n) is 11.9. The molecule has 3 aromatic carbocycles. The highest BCUT2D eigenvalue weighted by Gasteiger charge is 2.22. The Morgan fingerprint density at radius 1 is 1.00 bits per heavy atom. The second kappa shape index (κ2) is 16.6. The van der Waals surface area contributed by atoms with Crippen molar-refractivity contribution >= 4 is 29.3 Å². The fourth-order valence-corrected chi connectivity index (χ4v) is 6.73. The maximum atomic E-state index is 13.6. The predicted molar refractivity (Wildman–Crippen MR) is 179 cm³/mol. The molecule has 0 heterocycles. The number of para-hydroxylation sites is 1. The van der Waals surface area contributed by atoms with E-state index in [1.807, 2.05) is 49.6 Å². The third-order valence-corrected chi connectivity index (χ3v) is 9.32. The van der Waals surface area contributed by atoms with Crippen molar-refractivity contribution in [3.05, 3.63) is 89.0 Å². The van der Waals surface area contributed by atoms with E-state index in [1.54, 1.807) is 11.8 Å². The third-order valence-electron chi connectivity index (χ3n) is 8.67. The molecule has 0 bridgehead atoms. The molecule has 43 heavy (non-hydrogen) atoms. The minimum atomic E-state index is -1.25. The van der Waals surface area contributed by atoms with Crippen LogP contribution in [0.5, 0.6) is 0 Å². The Kier molecular flexibility index (Phi) is 12.6. The normalized spacial score (nSPS) is 14.3. The lowest BCUT2D eigenvalue weighted by molar-refractivity contribution is -0.308. The first-order valence-corrected chi connectivity index (χ1v) is 17.3. The molecule has 4 rings (SSSR count). The summed E-state index contributed by atoms with van der Waals surface area (Å²) in [5.41, 5.74) is 7.19. The number of benzene rings is 3. The fraction of sp³-hybridized carbons (Fsp3) is 0.459. The Morgan fingerprint density at radius 3 is 2.47 bits per heavy atom. The van der Waals surface area contributed by atoms with Gasteiger partial charge < -0.3 is 20.1 Å². The Balaban J connectivity index is 1.71.